The average Bonchev–Trinajstić information content (AvgIpc) is 2.69. The summed E-state index contributed by atoms with van der Waals surface area (Å²) in [5.41, 5.74) is 0.660. The van der Waals surface area contributed by atoms with E-state index in [0.717, 1.165) is 26.2 Å². The first-order chi connectivity index (χ1) is 12.3. The van der Waals surface area contributed by atoms with Gasteiger partial charge in [-0.05, 0) is 12.1 Å². The quantitative estimate of drug-likeness (QED) is 0.754. The second kappa shape index (κ2) is 7.24. The van der Waals surface area contributed by atoms with E-state index in [1.165, 1.54) is 12.3 Å². The molecular weight excluding hydrogens is 327 g/mol. The highest BCUT2D eigenvalue weighted by Gasteiger charge is 2.21. The van der Waals surface area contributed by atoms with Crippen LogP contribution in [0.1, 0.15) is 0 Å². The first-order valence-corrected chi connectivity index (χ1v) is 8.33. The largest absolute Gasteiger partial charge is 0.378 e. The molecule has 0 unspecified atom stereocenters. The van der Waals surface area contributed by atoms with E-state index < -0.39 is 5.95 Å². The third kappa shape index (κ3) is 3.67. The number of ether oxygens (including phenoxy) is 2. The molecule has 8 nitrogen and oxygen atoms in total. The van der Waals surface area contributed by atoms with Crippen molar-refractivity contribution >= 4 is 11.9 Å². The number of nitrogens with zero attached hydrogens (tertiary/aromatic N) is 6. The molecule has 0 aliphatic carbocycles. The molecule has 0 bridgehead atoms. The fourth-order valence-electron chi connectivity index (χ4n) is 2.80. The zero-order chi connectivity index (χ0) is 17.1. The molecule has 2 aromatic rings. The SMILES string of the molecule is Fc1ccc(-c2nc(N3CCOCC3)nc(N3CCOCC3)n2)cn1. The minimum absolute atomic E-state index is 0.491. The molecular formula is C16H19FN6O2. The van der Waals surface area contributed by atoms with Gasteiger partial charge in [0.25, 0.3) is 0 Å². The molecule has 25 heavy (non-hydrogen) atoms. The van der Waals surface area contributed by atoms with Crippen molar-refractivity contribution in [2.24, 2.45) is 0 Å². The molecule has 2 aliphatic heterocycles. The van der Waals surface area contributed by atoms with Gasteiger partial charge in [-0.3, -0.25) is 0 Å². The predicted octanol–water partition coefficient (Wildman–Crippen LogP) is 0.746. The molecule has 0 amide bonds. The van der Waals surface area contributed by atoms with Crippen molar-refractivity contribution < 1.29 is 13.9 Å². The molecule has 4 heterocycles. The van der Waals surface area contributed by atoms with Crippen LogP contribution < -0.4 is 9.80 Å². The van der Waals surface area contributed by atoms with Crippen LogP contribution in [-0.4, -0.2) is 72.5 Å². The van der Waals surface area contributed by atoms with Gasteiger partial charge in [0.15, 0.2) is 5.82 Å². The van der Waals surface area contributed by atoms with E-state index in [9.17, 15) is 4.39 Å². The third-order valence-electron chi connectivity index (χ3n) is 4.19. The minimum atomic E-state index is -0.528. The Labute approximate surface area is 144 Å². The van der Waals surface area contributed by atoms with E-state index in [1.54, 1.807) is 6.07 Å². The average molecular weight is 346 g/mol. The van der Waals surface area contributed by atoms with Gasteiger partial charge in [-0.15, -0.1) is 0 Å². The highest BCUT2D eigenvalue weighted by atomic mass is 19.1. The van der Waals surface area contributed by atoms with E-state index in [1.807, 2.05) is 0 Å². The third-order valence-corrected chi connectivity index (χ3v) is 4.19. The van der Waals surface area contributed by atoms with Gasteiger partial charge in [0.05, 0.1) is 26.4 Å². The van der Waals surface area contributed by atoms with E-state index in [4.69, 9.17) is 9.47 Å². The van der Waals surface area contributed by atoms with Crippen molar-refractivity contribution in [1.29, 1.82) is 0 Å². The highest BCUT2D eigenvalue weighted by Crippen LogP contribution is 2.22. The molecule has 0 N–H and O–H groups in total. The Morgan fingerprint density at radius 3 is 1.84 bits per heavy atom. The van der Waals surface area contributed by atoms with E-state index in [2.05, 4.69) is 29.7 Å². The summed E-state index contributed by atoms with van der Waals surface area (Å²) in [7, 11) is 0. The Morgan fingerprint density at radius 1 is 0.800 bits per heavy atom. The minimum Gasteiger partial charge on any atom is -0.378 e. The van der Waals surface area contributed by atoms with Crippen LogP contribution in [0.25, 0.3) is 11.4 Å². The molecule has 2 aromatic heterocycles. The lowest BCUT2D eigenvalue weighted by Crippen LogP contribution is -2.40. The van der Waals surface area contributed by atoms with E-state index in [0.29, 0.717) is 49.7 Å². The summed E-state index contributed by atoms with van der Waals surface area (Å²) < 4.78 is 23.9. The lowest BCUT2D eigenvalue weighted by Gasteiger charge is -2.30. The number of morpholine rings is 2. The van der Waals surface area contributed by atoms with Gasteiger partial charge in [0.2, 0.25) is 17.8 Å². The second-order valence-corrected chi connectivity index (χ2v) is 5.83. The molecule has 2 aliphatic rings. The van der Waals surface area contributed by atoms with Crippen molar-refractivity contribution in [2.75, 3.05) is 62.4 Å². The Balaban J connectivity index is 1.72. The maximum Gasteiger partial charge on any atom is 0.230 e. The van der Waals surface area contributed by atoms with Crippen LogP contribution in [0.3, 0.4) is 0 Å². The maximum atomic E-state index is 13.1. The molecule has 0 saturated carbocycles. The summed E-state index contributed by atoms with van der Waals surface area (Å²) in [6, 6.07) is 2.94. The first-order valence-electron chi connectivity index (χ1n) is 8.33. The fraction of sp³-hybridized carbons (Fsp3) is 0.500. The fourth-order valence-corrected chi connectivity index (χ4v) is 2.80. The molecule has 2 fully saturated rings. The molecule has 0 atom stereocenters. The number of hydrogen-bond donors (Lipinski definition) is 0. The number of halogens is 1. The van der Waals surface area contributed by atoms with Crippen LogP contribution in [-0.2, 0) is 9.47 Å². The zero-order valence-corrected chi connectivity index (χ0v) is 13.8. The van der Waals surface area contributed by atoms with Gasteiger partial charge in [0, 0.05) is 37.9 Å². The topological polar surface area (TPSA) is 76.5 Å². The van der Waals surface area contributed by atoms with Crippen LogP contribution in [0.15, 0.2) is 18.3 Å². The van der Waals surface area contributed by atoms with Gasteiger partial charge in [-0.25, -0.2) is 4.98 Å². The Kier molecular flexibility index (Phi) is 4.66. The lowest BCUT2D eigenvalue weighted by atomic mass is 10.2. The van der Waals surface area contributed by atoms with Crippen molar-refractivity contribution in [3.05, 3.63) is 24.3 Å². The van der Waals surface area contributed by atoms with Crippen molar-refractivity contribution in [3.63, 3.8) is 0 Å². The van der Waals surface area contributed by atoms with Crippen molar-refractivity contribution in [2.45, 2.75) is 0 Å². The van der Waals surface area contributed by atoms with Gasteiger partial charge in [0.1, 0.15) is 0 Å². The number of rotatable bonds is 3. The number of anilines is 2. The summed E-state index contributed by atoms with van der Waals surface area (Å²) in [6.45, 7) is 5.50. The molecule has 2 saturated heterocycles. The summed E-state index contributed by atoms with van der Waals surface area (Å²) in [6.07, 6.45) is 1.44. The smallest absolute Gasteiger partial charge is 0.230 e. The number of hydrogen-bond acceptors (Lipinski definition) is 8. The van der Waals surface area contributed by atoms with Crippen LogP contribution in [0.2, 0.25) is 0 Å². The Morgan fingerprint density at radius 2 is 1.36 bits per heavy atom. The highest BCUT2D eigenvalue weighted by molar-refractivity contribution is 5.57. The molecule has 132 valence electrons. The van der Waals surface area contributed by atoms with Gasteiger partial charge < -0.3 is 19.3 Å². The molecule has 0 radical (unpaired) electrons. The number of pyridine rings is 1. The molecule has 0 aromatic carbocycles. The maximum absolute atomic E-state index is 13.1. The molecule has 4 rings (SSSR count). The lowest BCUT2D eigenvalue weighted by molar-refractivity contribution is 0.121. The summed E-state index contributed by atoms with van der Waals surface area (Å²) in [5.74, 6) is 1.18. The summed E-state index contributed by atoms with van der Waals surface area (Å²) in [5, 5.41) is 0. The van der Waals surface area contributed by atoms with Gasteiger partial charge >= 0.3 is 0 Å². The number of aromatic nitrogens is 4. The summed E-state index contributed by atoms with van der Waals surface area (Å²) >= 11 is 0. The van der Waals surface area contributed by atoms with Crippen LogP contribution >= 0.6 is 0 Å². The van der Waals surface area contributed by atoms with Crippen LogP contribution in [0, 0.1) is 5.95 Å². The van der Waals surface area contributed by atoms with Crippen molar-refractivity contribution in [3.8, 4) is 11.4 Å². The molecule has 0 spiro atoms. The van der Waals surface area contributed by atoms with E-state index in [-0.39, 0.29) is 0 Å². The van der Waals surface area contributed by atoms with Gasteiger partial charge in [-0.1, -0.05) is 0 Å². The molecule has 9 heteroatoms. The van der Waals surface area contributed by atoms with Gasteiger partial charge in [-0.2, -0.15) is 19.3 Å². The summed E-state index contributed by atoms with van der Waals surface area (Å²) in [4.78, 5) is 21.7. The standard InChI is InChI=1S/C16H19FN6O2/c17-13-2-1-12(11-18-13)14-19-15(22-3-7-24-8-4-22)21-16(20-14)23-5-9-25-10-6-23/h1-2,11H,3-10H2. The Bertz CT molecular complexity index is 681. The first kappa shape index (κ1) is 16.1. The van der Waals surface area contributed by atoms with Crippen LogP contribution in [0.5, 0.6) is 0 Å². The van der Waals surface area contributed by atoms with Crippen LogP contribution in [0.4, 0.5) is 16.3 Å². The monoisotopic (exact) mass is 346 g/mol. The normalized spacial score (nSPS) is 18.4. The van der Waals surface area contributed by atoms with Crippen molar-refractivity contribution in [1.82, 2.24) is 19.9 Å². The Hall–Kier alpha value is -2.39. The second-order valence-electron chi connectivity index (χ2n) is 5.83. The van der Waals surface area contributed by atoms with E-state index >= 15 is 0 Å². The predicted molar refractivity (Wildman–Crippen MR) is 89.1 cm³/mol. The zero-order valence-electron chi connectivity index (χ0n) is 13.8.